The molecule has 2 aromatic rings. The van der Waals surface area contributed by atoms with Gasteiger partial charge in [0.05, 0.1) is 11.5 Å². The van der Waals surface area contributed by atoms with E-state index >= 15 is 0 Å². The molecule has 2 N–H and O–H groups in total. The molecular formula is C26H34F2N4O3. The quantitative estimate of drug-likeness (QED) is 0.656. The van der Waals surface area contributed by atoms with Gasteiger partial charge in [0.15, 0.2) is 11.5 Å². The number of rotatable bonds is 5. The van der Waals surface area contributed by atoms with Crippen molar-refractivity contribution in [3.63, 3.8) is 0 Å². The minimum atomic E-state index is -0.804. The molecule has 0 bridgehead atoms. The Morgan fingerprint density at radius 1 is 1.09 bits per heavy atom. The maximum Gasteiger partial charge on any atom is 0.273 e. The SMILES string of the molecule is CC(C)(C)NC(=O)[C@@H]1CN(C2CCCCC2)CC[C@H]1NC(=O)c1cc(-c2ccc(F)cc2F)on1. The number of aromatic nitrogens is 1. The first-order valence-electron chi connectivity index (χ1n) is 12.4. The van der Waals surface area contributed by atoms with E-state index in [-0.39, 0.29) is 34.5 Å². The number of nitrogens with zero attached hydrogens (tertiary/aromatic N) is 2. The van der Waals surface area contributed by atoms with E-state index in [0.29, 0.717) is 19.0 Å². The van der Waals surface area contributed by atoms with Crippen molar-refractivity contribution < 1.29 is 22.9 Å². The normalized spacial score (nSPS) is 22.1. The van der Waals surface area contributed by atoms with Crippen LogP contribution < -0.4 is 10.6 Å². The standard InChI is InChI=1S/C26H34F2N4O3/c1-26(2,3)30-24(33)19-15-32(17-7-5-4-6-8-17)12-11-21(19)29-25(34)22-14-23(35-31-22)18-10-9-16(27)13-20(18)28/h9-10,13-14,17,19,21H,4-8,11-12,15H2,1-3H3,(H,29,34)(H,30,33)/t19-,21-/m1/s1. The topological polar surface area (TPSA) is 87.5 Å². The average molecular weight is 489 g/mol. The zero-order chi connectivity index (χ0) is 25.2. The first kappa shape index (κ1) is 25.3. The lowest BCUT2D eigenvalue weighted by Gasteiger charge is -2.43. The van der Waals surface area contributed by atoms with Crippen LogP contribution in [-0.2, 0) is 4.79 Å². The van der Waals surface area contributed by atoms with E-state index in [1.807, 2.05) is 20.8 Å². The third-order valence-electron chi connectivity index (χ3n) is 6.83. The monoisotopic (exact) mass is 488 g/mol. The molecular weight excluding hydrogens is 454 g/mol. The van der Waals surface area contributed by atoms with E-state index in [4.69, 9.17) is 4.52 Å². The number of carbonyl (C=O) groups is 2. The van der Waals surface area contributed by atoms with Crippen molar-refractivity contribution in [1.82, 2.24) is 20.7 Å². The summed E-state index contributed by atoms with van der Waals surface area (Å²) >= 11 is 0. The van der Waals surface area contributed by atoms with Crippen molar-refractivity contribution in [1.29, 1.82) is 0 Å². The number of nitrogens with one attached hydrogen (secondary N) is 2. The van der Waals surface area contributed by atoms with Crippen LogP contribution >= 0.6 is 0 Å². The Bertz CT molecular complexity index is 1060. The first-order chi connectivity index (χ1) is 16.6. The van der Waals surface area contributed by atoms with E-state index < -0.39 is 23.5 Å². The summed E-state index contributed by atoms with van der Waals surface area (Å²) < 4.78 is 32.5. The van der Waals surface area contributed by atoms with Gasteiger partial charge in [0.2, 0.25) is 5.91 Å². The molecule has 2 heterocycles. The zero-order valence-corrected chi connectivity index (χ0v) is 20.6. The zero-order valence-electron chi connectivity index (χ0n) is 20.6. The minimum Gasteiger partial charge on any atom is -0.355 e. The fraction of sp³-hybridized carbons (Fsp3) is 0.577. The Hall–Kier alpha value is -2.81. The second kappa shape index (κ2) is 10.4. The maximum absolute atomic E-state index is 14.1. The maximum atomic E-state index is 14.1. The van der Waals surface area contributed by atoms with Gasteiger partial charge >= 0.3 is 0 Å². The highest BCUT2D eigenvalue weighted by atomic mass is 19.1. The van der Waals surface area contributed by atoms with Crippen LogP contribution in [0.1, 0.15) is 69.8 Å². The molecule has 1 aliphatic heterocycles. The molecule has 9 heteroatoms. The number of hydrogen-bond acceptors (Lipinski definition) is 5. The molecule has 7 nitrogen and oxygen atoms in total. The number of piperidine rings is 1. The summed E-state index contributed by atoms with van der Waals surface area (Å²) in [6, 6.07) is 4.53. The number of halogens is 2. The Kier molecular flexibility index (Phi) is 7.54. The van der Waals surface area contributed by atoms with Gasteiger partial charge < -0.3 is 15.2 Å². The molecule has 1 aliphatic carbocycles. The van der Waals surface area contributed by atoms with Crippen LogP contribution in [0.25, 0.3) is 11.3 Å². The van der Waals surface area contributed by atoms with Crippen LogP contribution in [0.5, 0.6) is 0 Å². The number of benzene rings is 1. The number of amides is 2. The van der Waals surface area contributed by atoms with Crippen LogP contribution in [-0.4, -0.2) is 52.6 Å². The summed E-state index contributed by atoms with van der Waals surface area (Å²) in [6.07, 6.45) is 6.62. The number of likely N-dealkylation sites (tertiary alicyclic amines) is 1. The Balaban J connectivity index is 1.48. The Morgan fingerprint density at radius 3 is 2.51 bits per heavy atom. The predicted octanol–water partition coefficient (Wildman–Crippen LogP) is 4.29. The van der Waals surface area contributed by atoms with Crippen molar-refractivity contribution in [3.8, 4) is 11.3 Å². The summed E-state index contributed by atoms with van der Waals surface area (Å²) in [5.41, 5.74) is -0.395. The van der Waals surface area contributed by atoms with Crippen molar-refractivity contribution in [2.45, 2.75) is 76.9 Å². The second-order valence-electron chi connectivity index (χ2n) is 10.7. The Morgan fingerprint density at radius 2 is 1.83 bits per heavy atom. The van der Waals surface area contributed by atoms with Crippen LogP contribution in [0.3, 0.4) is 0 Å². The second-order valence-corrected chi connectivity index (χ2v) is 10.7. The van der Waals surface area contributed by atoms with Crippen molar-refractivity contribution in [3.05, 3.63) is 41.6 Å². The van der Waals surface area contributed by atoms with Gasteiger partial charge in [-0.25, -0.2) is 8.78 Å². The molecule has 190 valence electrons. The molecule has 35 heavy (non-hydrogen) atoms. The van der Waals surface area contributed by atoms with Crippen LogP contribution in [0.15, 0.2) is 28.8 Å². The summed E-state index contributed by atoms with van der Waals surface area (Å²) in [5.74, 6) is -2.47. The Labute approximate surface area is 204 Å². The molecule has 1 aromatic carbocycles. The van der Waals surface area contributed by atoms with Crippen LogP contribution in [0.4, 0.5) is 8.78 Å². The van der Waals surface area contributed by atoms with Gasteiger partial charge in [0.25, 0.3) is 5.91 Å². The van der Waals surface area contributed by atoms with Crippen molar-refractivity contribution in [2.24, 2.45) is 5.92 Å². The van der Waals surface area contributed by atoms with Gasteiger partial charge in [0, 0.05) is 42.8 Å². The van der Waals surface area contributed by atoms with Gasteiger partial charge in [-0.05, 0) is 52.2 Å². The molecule has 2 fully saturated rings. The molecule has 2 amide bonds. The summed E-state index contributed by atoms with van der Waals surface area (Å²) in [6.45, 7) is 7.20. The number of hydrogen-bond donors (Lipinski definition) is 2. The minimum absolute atomic E-state index is 0.0150. The van der Waals surface area contributed by atoms with Gasteiger partial charge in [-0.3, -0.25) is 14.5 Å². The third-order valence-corrected chi connectivity index (χ3v) is 6.83. The average Bonchev–Trinajstić information content (AvgIpc) is 3.29. The highest BCUT2D eigenvalue weighted by Crippen LogP contribution is 2.29. The highest BCUT2D eigenvalue weighted by molar-refractivity contribution is 5.94. The first-order valence-corrected chi connectivity index (χ1v) is 12.4. The molecule has 0 radical (unpaired) electrons. The molecule has 1 saturated carbocycles. The predicted molar refractivity (Wildman–Crippen MR) is 128 cm³/mol. The van der Waals surface area contributed by atoms with Gasteiger partial charge in [-0.1, -0.05) is 24.4 Å². The van der Waals surface area contributed by atoms with E-state index in [1.165, 1.54) is 31.4 Å². The highest BCUT2D eigenvalue weighted by Gasteiger charge is 2.39. The fourth-order valence-corrected chi connectivity index (χ4v) is 5.10. The van der Waals surface area contributed by atoms with Crippen LogP contribution in [0, 0.1) is 17.6 Å². The fourth-order valence-electron chi connectivity index (χ4n) is 5.10. The van der Waals surface area contributed by atoms with Gasteiger partial charge in [-0.15, -0.1) is 0 Å². The van der Waals surface area contributed by atoms with E-state index in [0.717, 1.165) is 31.5 Å². The molecule has 0 unspecified atom stereocenters. The van der Waals surface area contributed by atoms with Gasteiger partial charge in [0.1, 0.15) is 11.6 Å². The lowest BCUT2D eigenvalue weighted by atomic mass is 9.86. The molecule has 4 rings (SSSR count). The molecule has 1 saturated heterocycles. The summed E-state index contributed by atoms with van der Waals surface area (Å²) in [4.78, 5) is 28.6. The van der Waals surface area contributed by atoms with Gasteiger partial charge in [-0.2, -0.15) is 0 Å². The lowest BCUT2D eigenvalue weighted by molar-refractivity contribution is -0.129. The smallest absolute Gasteiger partial charge is 0.273 e. The lowest BCUT2D eigenvalue weighted by Crippen LogP contribution is -2.59. The molecule has 0 spiro atoms. The van der Waals surface area contributed by atoms with E-state index in [2.05, 4.69) is 20.7 Å². The molecule has 2 atom stereocenters. The molecule has 2 aliphatic rings. The van der Waals surface area contributed by atoms with Crippen molar-refractivity contribution >= 4 is 11.8 Å². The van der Waals surface area contributed by atoms with E-state index in [1.54, 1.807) is 0 Å². The summed E-state index contributed by atoms with van der Waals surface area (Å²) in [5, 5.41) is 9.81. The molecule has 1 aromatic heterocycles. The third kappa shape index (κ3) is 6.25. The van der Waals surface area contributed by atoms with Crippen LogP contribution in [0.2, 0.25) is 0 Å². The largest absolute Gasteiger partial charge is 0.355 e. The van der Waals surface area contributed by atoms with Crippen molar-refractivity contribution in [2.75, 3.05) is 13.1 Å². The summed E-state index contributed by atoms with van der Waals surface area (Å²) in [7, 11) is 0. The number of carbonyl (C=O) groups excluding carboxylic acids is 2. The van der Waals surface area contributed by atoms with E-state index in [9.17, 15) is 18.4 Å².